The lowest BCUT2D eigenvalue weighted by Crippen LogP contribution is -2.36. The van der Waals surface area contributed by atoms with Gasteiger partial charge < -0.3 is 0 Å². The molecule has 0 saturated carbocycles. The first-order valence-electron chi connectivity index (χ1n) is 9.93. The van der Waals surface area contributed by atoms with E-state index in [1.807, 2.05) is 50.4 Å². The number of rotatable bonds is 8. The second-order valence-corrected chi connectivity index (χ2v) is 9.88. The fourth-order valence-corrected chi connectivity index (χ4v) is 3.94. The van der Waals surface area contributed by atoms with Crippen molar-refractivity contribution in [2.24, 2.45) is 5.92 Å². The van der Waals surface area contributed by atoms with E-state index in [9.17, 15) is 13.2 Å². The Morgan fingerprint density at radius 3 is 2.47 bits per heavy atom. The summed E-state index contributed by atoms with van der Waals surface area (Å²) in [5, 5.41) is 0.953. The number of nitrogens with zero attached hydrogens (tertiary/aromatic N) is 3. The highest BCUT2D eigenvalue weighted by Gasteiger charge is 2.17. The molecule has 0 aliphatic rings. The maximum absolute atomic E-state index is 12.9. The van der Waals surface area contributed by atoms with E-state index in [4.69, 9.17) is 0 Å². The molecule has 30 heavy (non-hydrogen) atoms. The maximum atomic E-state index is 12.9. The van der Waals surface area contributed by atoms with E-state index in [0.717, 1.165) is 31.9 Å². The molecule has 0 aliphatic heterocycles. The number of benzene rings is 1. The van der Waals surface area contributed by atoms with Gasteiger partial charge in [0.05, 0.1) is 5.52 Å². The highest BCUT2D eigenvalue weighted by atomic mass is 32.2. The lowest BCUT2D eigenvalue weighted by molar-refractivity contribution is 0.0892. The Kier molecular flexibility index (Phi) is 6.70. The van der Waals surface area contributed by atoms with Gasteiger partial charge in [-0.2, -0.15) is 12.7 Å². The molecular formula is C22H28N4O3S. The molecule has 0 aliphatic carbocycles. The van der Waals surface area contributed by atoms with Crippen LogP contribution in [0.5, 0.6) is 0 Å². The molecule has 7 nitrogen and oxygen atoms in total. The predicted molar refractivity (Wildman–Crippen MR) is 120 cm³/mol. The smallest absolute Gasteiger partial charge is 0.278 e. The number of pyridine rings is 1. The van der Waals surface area contributed by atoms with E-state index >= 15 is 0 Å². The van der Waals surface area contributed by atoms with Crippen LogP contribution in [-0.4, -0.2) is 48.8 Å². The lowest BCUT2D eigenvalue weighted by atomic mass is 10.0. The van der Waals surface area contributed by atoms with Gasteiger partial charge >= 0.3 is 0 Å². The molecule has 2 aromatic heterocycles. The zero-order valence-electron chi connectivity index (χ0n) is 17.8. The molecule has 0 radical (unpaired) electrons. The Balaban J connectivity index is 1.98. The lowest BCUT2D eigenvalue weighted by Gasteiger charge is -2.11. The molecule has 1 N–H and O–H groups in total. The third-order valence-corrected chi connectivity index (χ3v) is 6.44. The van der Waals surface area contributed by atoms with Crippen molar-refractivity contribution >= 4 is 27.0 Å². The zero-order chi connectivity index (χ0) is 21.9. The average Bonchev–Trinajstić information content (AvgIpc) is 3.06. The van der Waals surface area contributed by atoms with E-state index in [-0.39, 0.29) is 18.4 Å². The van der Waals surface area contributed by atoms with Crippen molar-refractivity contribution in [3.8, 4) is 11.1 Å². The predicted octanol–water partition coefficient (Wildman–Crippen LogP) is 3.33. The monoisotopic (exact) mass is 428 g/mol. The SMILES string of the molecule is CC(C)CC(=O)n1cc(CCNS(=O)(=O)N(C)C)c2ccc(-c3ccncc3)cc21. The third kappa shape index (κ3) is 4.95. The third-order valence-electron chi connectivity index (χ3n) is 4.91. The van der Waals surface area contributed by atoms with Crippen LogP contribution in [0.4, 0.5) is 0 Å². The first kappa shape index (κ1) is 22.1. The summed E-state index contributed by atoms with van der Waals surface area (Å²) in [6, 6.07) is 9.89. The molecule has 0 bridgehead atoms. The Hall–Kier alpha value is -2.55. The van der Waals surface area contributed by atoms with Crippen molar-refractivity contribution in [3.05, 3.63) is 54.5 Å². The first-order chi connectivity index (χ1) is 14.2. The Bertz CT molecular complexity index is 1140. The minimum Gasteiger partial charge on any atom is -0.287 e. The van der Waals surface area contributed by atoms with Gasteiger partial charge in [0.15, 0.2) is 0 Å². The van der Waals surface area contributed by atoms with Crippen molar-refractivity contribution in [1.29, 1.82) is 0 Å². The summed E-state index contributed by atoms with van der Waals surface area (Å²) in [4.78, 5) is 17.0. The molecule has 0 atom stereocenters. The van der Waals surface area contributed by atoms with E-state index in [1.165, 1.54) is 14.1 Å². The molecule has 160 valence electrons. The number of nitrogens with one attached hydrogen (secondary N) is 1. The molecule has 3 rings (SSSR count). The number of hydrogen-bond acceptors (Lipinski definition) is 4. The van der Waals surface area contributed by atoms with Crippen LogP contribution < -0.4 is 4.72 Å². The fraction of sp³-hybridized carbons (Fsp3) is 0.364. The van der Waals surface area contributed by atoms with Crippen LogP contribution >= 0.6 is 0 Å². The van der Waals surface area contributed by atoms with Crippen LogP contribution in [0, 0.1) is 5.92 Å². The van der Waals surface area contributed by atoms with Gasteiger partial charge in [0.1, 0.15) is 0 Å². The van der Waals surface area contributed by atoms with Gasteiger partial charge in [0, 0.05) is 51.0 Å². The van der Waals surface area contributed by atoms with Crippen molar-refractivity contribution in [1.82, 2.24) is 18.6 Å². The van der Waals surface area contributed by atoms with Crippen LogP contribution in [0.3, 0.4) is 0 Å². The van der Waals surface area contributed by atoms with E-state index in [0.29, 0.717) is 12.8 Å². The number of hydrogen-bond donors (Lipinski definition) is 1. The molecule has 0 fully saturated rings. The molecule has 0 unspecified atom stereocenters. The quantitative estimate of drug-likeness (QED) is 0.596. The van der Waals surface area contributed by atoms with E-state index < -0.39 is 10.2 Å². The summed E-state index contributed by atoms with van der Waals surface area (Å²) in [6.07, 6.45) is 6.25. The van der Waals surface area contributed by atoms with Gasteiger partial charge in [-0.1, -0.05) is 26.0 Å². The van der Waals surface area contributed by atoms with Gasteiger partial charge in [-0.3, -0.25) is 14.3 Å². The summed E-state index contributed by atoms with van der Waals surface area (Å²) in [5.41, 5.74) is 3.79. The maximum Gasteiger partial charge on any atom is 0.278 e. The van der Waals surface area contributed by atoms with Crippen molar-refractivity contribution in [3.63, 3.8) is 0 Å². The zero-order valence-corrected chi connectivity index (χ0v) is 18.6. The van der Waals surface area contributed by atoms with Gasteiger partial charge in [-0.05, 0) is 47.2 Å². The number of carbonyl (C=O) groups is 1. The minimum absolute atomic E-state index is 0.0296. The van der Waals surface area contributed by atoms with Crippen LogP contribution in [-0.2, 0) is 16.6 Å². The van der Waals surface area contributed by atoms with Crippen LogP contribution in [0.2, 0.25) is 0 Å². The normalized spacial score (nSPS) is 12.2. The second kappa shape index (κ2) is 9.07. The van der Waals surface area contributed by atoms with Crippen LogP contribution in [0.25, 0.3) is 22.0 Å². The van der Waals surface area contributed by atoms with E-state index in [2.05, 4.69) is 9.71 Å². The minimum atomic E-state index is -3.49. The summed E-state index contributed by atoms with van der Waals surface area (Å²) >= 11 is 0. The molecule has 2 heterocycles. The topological polar surface area (TPSA) is 84.3 Å². The van der Waals surface area contributed by atoms with Gasteiger partial charge in [0.25, 0.3) is 10.2 Å². The van der Waals surface area contributed by atoms with Crippen LogP contribution in [0.1, 0.15) is 30.6 Å². The average molecular weight is 429 g/mol. The van der Waals surface area contributed by atoms with Gasteiger partial charge in [0.2, 0.25) is 5.91 Å². The number of carbonyl (C=O) groups excluding carboxylic acids is 1. The summed E-state index contributed by atoms with van der Waals surface area (Å²) in [7, 11) is -0.515. The molecule has 0 amide bonds. The second-order valence-electron chi connectivity index (χ2n) is 7.92. The van der Waals surface area contributed by atoms with Gasteiger partial charge in [-0.15, -0.1) is 0 Å². The Morgan fingerprint density at radius 2 is 1.83 bits per heavy atom. The summed E-state index contributed by atoms with van der Waals surface area (Å²) < 4.78 is 29.4. The Labute approximate surface area is 177 Å². The number of fused-ring (bicyclic) bond motifs is 1. The highest BCUT2D eigenvalue weighted by molar-refractivity contribution is 7.87. The van der Waals surface area contributed by atoms with Crippen molar-refractivity contribution in [2.45, 2.75) is 26.7 Å². The largest absolute Gasteiger partial charge is 0.287 e. The highest BCUT2D eigenvalue weighted by Crippen LogP contribution is 2.28. The van der Waals surface area contributed by atoms with Gasteiger partial charge in [-0.25, -0.2) is 4.72 Å². The van der Waals surface area contributed by atoms with Crippen molar-refractivity contribution in [2.75, 3.05) is 20.6 Å². The summed E-state index contributed by atoms with van der Waals surface area (Å²) in [5.74, 6) is 0.274. The molecule has 0 spiro atoms. The molecule has 8 heteroatoms. The van der Waals surface area contributed by atoms with E-state index in [1.54, 1.807) is 17.0 Å². The standard InChI is InChI=1S/C22H28N4O3S/c1-16(2)13-22(27)26-15-19(9-12-24-30(28,29)25(3)4)20-6-5-18(14-21(20)26)17-7-10-23-11-8-17/h5-8,10-11,14-16,24H,9,12-13H2,1-4H3. The first-order valence-corrected chi connectivity index (χ1v) is 11.4. The summed E-state index contributed by atoms with van der Waals surface area (Å²) in [6.45, 7) is 4.29. The Morgan fingerprint density at radius 1 is 1.13 bits per heavy atom. The van der Waals surface area contributed by atoms with Crippen LogP contribution in [0.15, 0.2) is 48.9 Å². The molecule has 1 aromatic carbocycles. The fourth-order valence-electron chi connectivity index (χ4n) is 3.32. The van der Waals surface area contributed by atoms with Crippen molar-refractivity contribution < 1.29 is 13.2 Å². The molecule has 0 saturated heterocycles. The molecular weight excluding hydrogens is 400 g/mol. The molecule has 3 aromatic rings. The number of aromatic nitrogens is 2.